The van der Waals surface area contributed by atoms with E-state index < -0.39 is 10.8 Å². The monoisotopic (exact) mass is 272 g/mol. The van der Waals surface area contributed by atoms with Crippen molar-refractivity contribution in [2.45, 2.75) is 18.2 Å². The summed E-state index contributed by atoms with van der Waals surface area (Å²) in [6, 6.07) is 17.0. The van der Waals surface area contributed by atoms with Gasteiger partial charge >= 0.3 is 0 Å². The lowest BCUT2D eigenvalue weighted by atomic mass is 10.1. The number of aryl methyl sites for hydroxylation is 1. The van der Waals surface area contributed by atoms with Crippen molar-refractivity contribution >= 4 is 16.6 Å². The summed E-state index contributed by atoms with van der Waals surface area (Å²) >= 11 is 0. The zero-order valence-corrected chi connectivity index (χ0v) is 11.7. The van der Waals surface area contributed by atoms with E-state index in [1.165, 1.54) is 0 Å². The van der Waals surface area contributed by atoms with E-state index in [9.17, 15) is 9.00 Å². The van der Waals surface area contributed by atoms with Crippen molar-refractivity contribution in [2.75, 3.05) is 5.75 Å². The van der Waals surface area contributed by atoms with Crippen LogP contribution in [0.3, 0.4) is 0 Å². The molecule has 0 spiro atoms. The van der Waals surface area contributed by atoms with Crippen LogP contribution in [0.4, 0.5) is 0 Å². The Morgan fingerprint density at radius 2 is 1.79 bits per heavy atom. The first-order valence-corrected chi connectivity index (χ1v) is 7.48. The Bertz CT molecular complexity index is 591. The first-order valence-electron chi connectivity index (χ1n) is 6.16. The van der Waals surface area contributed by atoms with Crippen LogP contribution in [0.5, 0.6) is 0 Å². The summed E-state index contributed by atoms with van der Waals surface area (Å²) in [5.41, 5.74) is 2.02. The Balaban J connectivity index is 1.98. The van der Waals surface area contributed by atoms with Crippen molar-refractivity contribution in [3.8, 4) is 0 Å². The molecular formula is C16H16O2S. The summed E-state index contributed by atoms with van der Waals surface area (Å²) < 4.78 is 12.1. The van der Waals surface area contributed by atoms with Crippen molar-refractivity contribution in [3.05, 3.63) is 65.7 Å². The molecule has 2 nitrogen and oxygen atoms in total. The number of carbonyl (C=O) groups excluding carboxylic acids is 1. The van der Waals surface area contributed by atoms with Gasteiger partial charge in [0.25, 0.3) is 0 Å². The highest BCUT2D eigenvalue weighted by atomic mass is 32.2. The lowest BCUT2D eigenvalue weighted by molar-refractivity contribution is -0.116. The zero-order chi connectivity index (χ0) is 13.7. The van der Waals surface area contributed by atoms with Gasteiger partial charge in [-0.1, -0.05) is 42.5 Å². The molecule has 0 radical (unpaired) electrons. The largest absolute Gasteiger partial charge is 0.298 e. The highest BCUT2D eigenvalue weighted by Gasteiger charge is 2.10. The molecule has 0 bridgehead atoms. The molecule has 0 aromatic heterocycles. The SMILES string of the molecule is Cc1cccc(S(=O)CC(=O)Cc2ccccc2)c1. The van der Waals surface area contributed by atoms with Crippen LogP contribution in [0, 0.1) is 6.92 Å². The maximum atomic E-state index is 12.1. The third-order valence-electron chi connectivity index (χ3n) is 2.79. The number of ketones is 1. The topological polar surface area (TPSA) is 34.1 Å². The van der Waals surface area contributed by atoms with Crippen LogP contribution >= 0.6 is 0 Å². The zero-order valence-electron chi connectivity index (χ0n) is 10.8. The van der Waals surface area contributed by atoms with Gasteiger partial charge in [-0.2, -0.15) is 0 Å². The Morgan fingerprint density at radius 3 is 2.47 bits per heavy atom. The van der Waals surface area contributed by atoms with Gasteiger partial charge in [-0.3, -0.25) is 9.00 Å². The summed E-state index contributed by atoms with van der Waals surface area (Å²) in [4.78, 5) is 12.6. The van der Waals surface area contributed by atoms with E-state index in [2.05, 4.69) is 0 Å². The molecule has 0 aliphatic carbocycles. The minimum Gasteiger partial charge on any atom is -0.298 e. The van der Waals surface area contributed by atoms with Crippen molar-refractivity contribution < 1.29 is 9.00 Å². The summed E-state index contributed by atoms with van der Waals surface area (Å²) in [6.45, 7) is 1.95. The van der Waals surface area contributed by atoms with Crippen LogP contribution in [0.2, 0.25) is 0 Å². The van der Waals surface area contributed by atoms with E-state index in [4.69, 9.17) is 0 Å². The molecule has 19 heavy (non-hydrogen) atoms. The second-order valence-electron chi connectivity index (χ2n) is 4.51. The van der Waals surface area contributed by atoms with Crippen molar-refractivity contribution in [1.82, 2.24) is 0 Å². The van der Waals surface area contributed by atoms with Gasteiger partial charge in [-0.25, -0.2) is 0 Å². The van der Waals surface area contributed by atoms with E-state index in [0.717, 1.165) is 16.0 Å². The van der Waals surface area contributed by atoms with Gasteiger partial charge in [0.1, 0.15) is 5.78 Å². The van der Waals surface area contributed by atoms with Gasteiger partial charge in [0, 0.05) is 11.3 Å². The van der Waals surface area contributed by atoms with Crippen LogP contribution in [-0.2, 0) is 22.0 Å². The maximum Gasteiger partial charge on any atom is 0.150 e. The lowest BCUT2D eigenvalue weighted by Crippen LogP contribution is -2.13. The second kappa shape index (κ2) is 6.43. The predicted octanol–water partition coefficient (Wildman–Crippen LogP) is 2.91. The molecule has 1 unspecified atom stereocenters. The fraction of sp³-hybridized carbons (Fsp3) is 0.188. The average molecular weight is 272 g/mol. The van der Waals surface area contributed by atoms with E-state index in [1.54, 1.807) is 6.07 Å². The summed E-state index contributed by atoms with van der Waals surface area (Å²) in [6.07, 6.45) is 0.346. The summed E-state index contributed by atoms with van der Waals surface area (Å²) in [5, 5.41) is 0. The standard InChI is InChI=1S/C16H16O2S/c1-13-6-5-9-16(10-13)19(18)12-15(17)11-14-7-3-2-4-8-14/h2-10H,11-12H2,1H3. The van der Waals surface area contributed by atoms with Gasteiger partial charge in [0.05, 0.1) is 16.6 Å². The van der Waals surface area contributed by atoms with Crippen molar-refractivity contribution in [1.29, 1.82) is 0 Å². The molecule has 0 fully saturated rings. The fourth-order valence-electron chi connectivity index (χ4n) is 1.86. The molecule has 0 N–H and O–H groups in total. The van der Waals surface area contributed by atoms with Crippen molar-refractivity contribution in [2.24, 2.45) is 0 Å². The molecule has 0 heterocycles. The second-order valence-corrected chi connectivity index (χ2v) is 5.96. The molecule has 2 aromatic rings. The van der Waals surface area contributed by atoms with E-state index in [1.807, 2.05) is 55.5 Å². The van der Waals surface area contributed by atoms with Crippen LogP contribution in [0.15, 0.2) is 59.5 Å². The molecule has 2 rings (SSSR count). The Kier molecular flexibility index (Phi) is 4.63. The van der Waals surface area contributed by atoms with Crippen molar-refractivity contribution in [3.63, 3.8) is 0 Å². The van der Waals surface area contributed by atoms with E-state index in [0.29, 0.717) is 6.42 Å². The highest BCUT2D eigenvalue weighted by molar-refractivity contribution is 7.85. The molecule has 0 saturated carbocycles. The first kappa shape index (κ1) is 13.7. The van der Waals surface area contributed by atoms with Gasteiger partial charge in [-0.15, -0.1) is 0 Å². The lowest BCUT2D eigenvalue weighted by Gasteiger charge is -2.03. The molecule has 1 atom stereocenters. The third kappa shape index (κ3) is 4.14. The van der Waals surface area contributed by atoms with Crippen LogP contribution in [0.1, 0.15) is 11.1 Å². The molecule has 3 heteroatoms. The number of hydrogen-bond acceptors (Lipinski definition) is 2. The number of carbonyl (C=O) groups is 1. The minimum atomic E-state index is -1.25. The fourth-order valence-corrected chi connectivity index (χ4v) is 2.97. The quantitative estimate of drug-likeness (QED) is 0.838. The van der Waals surface area contributed by atoms with E-state index >= 15 is 0 Å². The molecule has 98 valence electrons. The van der Waals surface area contributed by atoms with Crippen LogP contribution < -0.4 is 0 Å². The van der Waals surface area contributed by atoms with Gasteiger partial charge < -0.3 is 0 Å². The van der Waals surface area contributed by atoms with Gasteiger partial charge in [-0.05, 0) is 30.2 Å². The normalized spacial score (nSPS) is 12.1. The Hall–Kier alpha value is -1.74. The molecule has 0 saturated heterocycles. The van der Waals surface area contributed by atoms with Crippen LogP contribution in [-0.4, -0.2) is 15.7 Å². The molecule has 0 amide bonds. The minimum absolute atomic E-state index is 0.00559. The molecule has 0 aliphatic heterocycles. The Labute approximate surface area is 115 Å². The Morgan fingerprint density at radius 1 is 1.05 bits per heavy atom. The number of benzene rings is 2. The molecule has 0 aliphatic rings. The van der Waals surface area contributed by atoms with Gasteiger partial charge in [0.15, 0.2) is 0 Å². The first-order chi connectivity index (χ1) is 9.15. The van der Waals surface area contributed by atoms with Gasteiger partial charge in [0.2, 0.25) is 0 Å². The predicted molar refractivity (Wildman–Crippen MR) is 77.6 cm³/mol. The highest BCUT2D eigenvalue weighted by Crippen LogP contribution is 2.10. The summed E-state index contributed by atoms with van der Waals surface area (Å²) in [5.74, 6) is 0.0873. The maximum absolute atomic E-state index is 12.1. The number of hydrogen-bond donors (Lipinski definition) is 0. The molecule has 2 aromatic carbocycles. The third-order valence-corrected chi connectivity index (χ3v) is 4.15. The van der Waals surface area contributed by atoms with E-state index in [-0.39, 0.29) is 11.5 Å². The number of Topliss-reactive ketones (excluding diaryl/α,β-unsaturated/α-hetero) is 1. The smallest absolute Gasteiger partial charge is 0.150 e. The average Bonchev–Trinajstić information content (AvgIpc) is 2.39. The number of rotatable bonds is 5. The molecular weight excluding hydrogens is 256 g/mol. The van der Waals surface area contributed by atoms with Crippen LogP contribution in [0.25, 0.3) is 0 Å². The summed E-state index contributed by atoms with van der Waals surface area (Å²) in [7, 11) is -1.25.